The van der Waals surface area contributed by atoms with Gasteiger partial charge in [-0.15, -0.1) is 11.6 Å². The average molecular weight is 203 g/mol. The van der Waals surface area contributed by atoms with Crippen molar-refractivity contribution in [1.82, 2.24) is 0 Å². The number of benzene rings is 1. The molecule has 0 spiro atoms. The number of alkyl halides is 1. The first-order chi connectivity index (χ1) is 6.26. The first-order valence-electron chi connectivity index (χ1n) is 4.24. The third kappa shape index (κ3) is 3.23. The summed E-state index contributed by atoms with van der Waals surface area (Å²) in [5.74, 6) is 0.557. The average Bonchev–Trinajstić information content (AvgIpc) is 2.14. The maximum absolute atomic E-state index is 12.9. The smallest absolute Gasteiger partial charge is 0.127 e. The van der Waals surface area contributed by atoms with Gasteiger partial charge in [-0.2, -0.15) is 0 Å². The van der Waals surface area contributed by atoms with Crippen LogP contribution in [0.3, 0.4) is 0 Å². The Hall–Kier alpha value is -0.760. The molecule has 0 fully saturated rings. The molecule has 0 amide bonds. The van der Waals surface area contributed by atoms with E-state index in [1.54, 1.807) is 6.07 Å². The quantitative estimate of drug-likeness (QED) is 0.681. The topological polar surface area (TPSA) is 9.23 Å². The molecule has 1 aromatic carbocycles. The molecule has 0 aliphatic rings. The van der Waals surface area contributed by atoms with Crippen LogP contribution in [0.5, 0.6) is 5.75 Å². The predicted octanol–water partition coefficient (Wildman–Crippen LogP) is 3.35. The van der Waals surface area contributed by atoms with Crippen molar-refractivity contribution in [3.05, 3.63) is 29.6 Å². The molecule has 1 nitrogen and oxygen atoms in total. The fourth-order valence-electron chi connectivity index (χ4n) is 1.00. The zero-order valence-corrected chi connectivity index (χ0v) is 8.27. The fourth-order valence-corrected chi connectivity index (χ4v) is 1.16. The molecular formula is C10H12ClFO. The maximum atomic E-state index is 12.9. The molecule has 1 aromatic rings. The molecule has 0 aromatic heterocycles. The Balaban J connectivity index is 2.76. The molecule has 72 valence electrons. The van der Waals surface area contributed by atoms with E-state index in [1.807, 2.05) is 6.92 Å². The Labute approximate surface area is 82.5 Å². The van der Waals surface area contributed by atoms with Crippen LogP contribution in [0, 0.1) is 5.82 Å². The molecule has 0 saturated heterocycles. The minimum absolute atomic E-state index is 0.302. The molecule has 1 rings (SSSR count). The second kappa shape index (κ2) is 5.07. The minimum Gasteiger partial charge on any atom is -0.493 e. The molecule has 0 atom stereocenters. The summed E-state index contributed by atoms with van der Waals surface area (Å²) in [6, 6.07) is 4.53. The van der Waals surface area contributed by atoms with Gasteiger partial charge < -0.3 is 4.74 Å². The normalized spacial score (nSPS) is 10.1. The summed E-state index contributed by atoms with van der Waals surface area (Å²) in [6.07, 6.45) is 0.909. The van der Waals surface area contributed by atoms with Crippen LogP contribution in [-0.4, -0.2) is 6.61 Å². The van der Waals surface area contributed by atoms with Crippen molar-refractivity contribution >= 4 is 11.6 Å². The summed E-state index contributed by atoms with van der Waals surface area (Å²) >= 11 is 5.58. The van der Waals surface area contributed by atoms with E-state index in [2.05, 4.69) is 0 Å². The lowest BCUT2D eigenvalue weighted by molar-refractivity contribution is 0.315. The summed E-state index contributed by atoms with van der Waals surface area (Å²) in [4.78, 5) is 0. The highest BCUT2D eigenvalue weighted by molar-refractivity contribution is 6.17. The second-order valence-corrected chi connectivity index (χ2v) is 3.04. The lowest BCUT2D eigenvalue weighted by atomic mass is 10.2. The summed E-state index contributed by atoms with van der Waals surface area (Å²) < 4.78 is 18.2. The van der Waals surface area contributed by atoms with Gasteiger partial charge in [0.2, 0.25) is 0 Å². The standard InChI is InChI=1S/C10H12ClFO/c1-2-3-13-10-5-8(7-11)4-9(12)6-10/h4-6H,2-3,7H2,1H3. The van der Waals surface area contributed by atoms with Crippen molar-refractivity contribution < 1.29 is 9.13 Å². The maximum Gasteiger partial charge on any atom is 0.127 e. The Morgan fingerprint density at radius 3 is 2.77 bits per heavy atom. The van der Waals surface area contributed by atoms with Gasteiger partial charge in [-0.3, -0.25) is 0 Å². The molecular weight excluding hydrogens is 191 g/mol. The van der Waals surface area contributed by atoms with Gasteiger partial charge in [0.25, 0.3) is 0 Å². The Morgan fingerprint density at radius 2 is 2.15 bits per heavy atom. The van der Waals surface area contributed by atoms with Crippen LogP contribution in [0.2, 0.25) is 0 Å². The first kappa shape index (κ1) is 10.3. The van der Waals surface area contributed by atoms with Crippen LogP contribution in [0.1, 0.15) is 18.9 Å². The van der Waals surface area contributed by atoms with Crippen molar-refractivity contribution in [3.8, 4) is 5.75 Å². The van der Waals surface area contributed by atoms with Crippen LogP contribution in [0.25, 0.3) is 0 Å². The van der Waals surface area contributed by atoms with Crippen LogP contribution in [0.4, 0.5) is 4.39 Å². The van der Waals surface area contributed by atoms with E-state index in [0.29, 0.717) is 18.2 Å². The Bertz CT molecular complexity index is 276. The molecule has 3 heteroatoms. The van der Waals surface area contributed by atoms with Crippen molar-refractivity contribution in [2.24, 2.45) is 0 Å². The van der Waals surface area contributed by atoms with Gasteiger partial charge in [-0.05, 0) is 24.1 Å². The van der Waals surface area contributed by atoms with E-state index in [4.69, 9.17) is 16.3 Å². The summed E-state index contributed by atoms with van der Waals surface area (Å²) in [5.41, 5.74) is 0.743. The Morgan fingerprint density at radius 1 is 1.38 bits per heavy atom. The monoisotopic (exact) mass is 202 g/mol. The van der Waals surface area contributed by atoms with Crippen LogP contribution in [0.15, 0.2) is 18.2 Å². The summed E-state index contributed by atoms with van der Waals surface area (Å²) in [6.45, 7) is 2.60. The highest BCUT2D eigenvalue weighted by atomic mass is 35.5. The third-order valence-corrected chi connectivity index (χ3v) is 1.87. The predicted molar refractivity (Wildman–Crippen MR) is 51.7 cm³/mol. The molecule has 13 heavy (non-hydrogen) atoms. The molecule has 0 heterocycles. The SMILES string of the molecule is CCCOc1cc(F)cc(CCl)c1. The fraction of sp³-hybridized carbons (Fsp3) is 0.400. The van der Waals surface area contributed by atoms with Crippen LogP contribution < -0.4 is 4.74 Å². The molecule has 0 N–H and O–H groups in total. The summed E-state index contributed by atoms with van der Waals surface area (Å²) in [5, 5.41) is 0. The molecule has 0 bridgehead atoms. The second-order valence-electron chi connectivity index (χ2n) is 2.78. The number of rotatable bonds is 4. The van der Waals surface area contributed by atoms with Crippen LogP contribution in [-0.2, 0) is 5.88 Å². The van der Waals surface area contributed by atoms with Gasteiger partial charge in [0.05, 0.1) is 6.61 Å². The van der Waals surface area contributed by atoms with Crippen molar-refractivity contribution in [2.45, 2.75) is 19.2 Å². The van der Waals surface area contributed by atoms with E-state index < -0.39 is 0 Å². The zero-order valence-electron chi connectivity index (χ0n) is 7.52. The lowest BCUT2D eigenvalue weighted by Gasteiger charge is -2.05. The van der Waals surface area contributed by atoms with E-state index in [0.717, 1.165) is 12.0 Å². The number of ether oxygens (including phenoxy) is 1. The van der Waals surface area contributed by atoms with Gasteiger partial charge in [-0.1, -0.05) is 6.92 Å². The van der Waals surface area contributed by atoms with Gasteiger partial charge in [0.1, 0.15) is 11.6 Å². The minimum atomic E-state index is -0.302. The molecule has 0 saturated carbocycles. The van der Waals surface area contributed by atoms with E-state index >= 15 is 0 Å². The molecule has 0 radical (unpaired) electrons. The van der Waals surface area contributed by atoms with E-state index in [9.17, 15) is 4.39 Å². The van der Waals surface area contributed by atoms with E-state index in [-0.39, 0.29) is 5.82 Å². The largest absolute Gasteiger partial charge is 0.493 e. The number of halogens is 2. The molecule has 0 unspecified atom stereocenters. The molecule has 0 aliphatic heterocycles. The zero-order chi connectivity index (χ0) is 9.68. The van der Waals surface area contributed by atoms with Gasteiger partial charge >= 0.3 is 0 Å². The van der Waals surface area contributed by atoms with E-state index in [1.165, 1.54) is 12.1 Å². The van der Waals surface area contributed by atoms with Crippen molar-refractivity contribution in [1.29, 1.82) is 0 Å². The van der Waals surface area contributed by atoms with Crippen LogP contribution >= 0.6 is 11.6 Å². The number of hydrogen-bond donors (Lipinski definition) is 0. The molecule has 0 aliphatic carbocycles. The van der Waals surface area contributed by atoms with Gasteiger partial charge in [0, 0.05) is 11.9 Å². The van der Waals surface area contributed by atoms with Gasteiger partial charge in [-0.25, -0.2) is 4.39 Å². The highest BCUT2D eigenvalue weighted by Crippen LogP contribution is 2.17. The number of hydrogen-bond acceptors (Lipinski definition) is 1. The van der Waals surface area contributed by atoms with Crippen molar-refractivity contribution in [3.63, 3.8) is 0 Å². The highest BCUT2D eigenvalue weighted by Gasteiger charge is 2.00. The third-order valence-electron chi connectivity index (χ3n) is 1.56. The first-order valence-corrected chi connectivity index (χ1v) is 4.78. The van der Waals surface area contributed by atoms with Gasteiger partial charge in [0.15, 0.2) is 0 Å². The Kier molecular flexibility index (Phi) is 4.03. The lowest BCUT2D eigenvalue weighted by Crippen LogP contribution is -1.96. The van der Waals surface area contributed by atoms with Crippen molar-refractivity contribution in [2.75, 3.05) is 6.61 Å². The summed E-state index contributed by atoms with van der Waals surface area (Å²) in [7, 11) is 0.